The highest BCUT2D eigenvalue weighted by Gasteiger charge is 2.23. The highest BCUT2D eigenvalue weighted by molar-refractivity contribution is 6.03. The number of aromatic nitrogens is 4. The fraction of sp³-hybridized carbons (Fsp3) is 0.421. The van der Waals surface area contributed by atoms with Crippen LogP contribution in [0.25, 0.3) is 90.9 Å². The molecule has 4 aromatic carbocycles. The van der Waals surface area contributed by atoms with Crippen molar-refractivity contribution in [2.75, 3.05) is 206 Å². The number of ether oxygens (including phenoxy) is 12. The largest absolute Gasteiger partial charge is 0.382 e. The molecule has 20 nitrogen and oxygen atoms in total. The molecule has 3 aromatic heterocycles. The molecule has 8 bridgehead atoms. The third-order valence-electron chi connectivity index (χ3n) is 15.6. The minimum atomic E-state index is 0.473. The second kappa shape index (κ2) is 42.0. The molecule has 5 heterocycles. The Kier molecular flexibility index (Phi) is 31.7. The van der Waals surface area contributed by atoms with Crippen molar-refractivity contribution in [3.05, 3.63) is 144 Å². The molecule has 0 saturated carbocycles. The van der Waals surface area contributed by atoms with Crippen molar-refractivity contribution in [3.8, 4) is 44.5 Å². The lowest BCUT2D eigenvalue weighted by atomic mass is 10.0. The van der Waals surface area contributed by atoms with Gasteiger partial charge in [-0.1, -0.05) is 72.8 Å². The van der Waals surface area contributed by atoms with E-state index < -0.39 is 0 Å². The first-order valence-electron chi connectivity index (χ1n) is 34.0. The van der Waals surface area contributed by atoms with Crippen molar-refractivity contribution in [1.82, 2.24) is 19.9 Å². The number of hydrogen-bond donors (Lipinski definition) is 6. The summed E-state index contributed by atoms with van der Waals surface area (Å²) in [6.45, 7) is 22.9. The fourth-order valence-electron chi connectivity index (χ4n) is 11.1. The number of H-pyrrole nitrogens is 2. The van der Waals surface area contributed by atoms with Gasteiger partial charge in [0.15, 0.2) is 0 Å². The van der Waals surface area contributed by atoms with Crippen molar-refractivity contribution in [1.29, 1.82) is 0 Å². The lowest BCUT2D eigenvalue weighted by Gasteiger charge is -2.15. The summed E-state index contributed by atoms with van der Waals surface area (Å²) in [5.74, 6) is 0. The second-order valence-electron chi connectivity index (χ2n) is 22.1. The van der Waals surface area contributed by atoms with Gasteiger partial charge in [0.05, 0.1) is 155 Å². The van der Waals surface area contributed by atoms with Gasteiger partial charge in [0.25, 0.3) is 0 Å². The summed E-state index contributed by atoms with van der Waals surface area (Å²) in [7, 11) is 0. The summed E-state index contributed by atoms with van der Waals surface area (Å²) in [6.07, 6.45) is 8.50. The third kappa shape index (κ3) is 22.1. The third-order valence-corrected chi connectivity index (χ3v) is 15.6. The van der Waals surface area contributed by atoms with Gasteiger partial charge in [0, 0.05) is 142 Å². The first kappa shape index (κ1) is 72.5. The summed E-state index contributed by atoms with van der Waals surface area (Å²) >= 11 is 0. The molecule has 0 fully saturated rings. The molecule has 2 aliphatic rings. The average molecular weight is 1320 g/mol. The minimum Gasteiger partial charge on any atom is -0.382 e. The van der Waals surface area contributed by atoms with Crippen LogP contribution in [0.1, 0.15) is 50.5 Å². The van der Waals surface area contributed by atoms with Crippen LogP contribution in [0.2, 0.25) is 0 Å². The molecule has 7 aromatic rings. The zero-order chi connectivity index (χ0) is 66.5. The zero-order valence-corrected chi connectivity index (χ0v) is 56.4. The van der Waals surface area contributed by atoms with Gasteiger partial charge in [0.2, 0.25) is 0 Å². The van der Waals surface area contributed by atoms with E-state index in [4.69, 9.17) is 66.8 Å². The maximum atomic E-state index is 6.05. The highest BCUT2D eigenvalue weighted by Crippen LogP contribution is 2.43. The van der Waals surface area contributed by atoms with Crippen molar-refractivity contribution >= 4 is 69.1 Å². The van der Waals surface area contributed by atoms with Gasteiger partial charge in [-0.05, 0) is 101 Å². The Balaban J connectivity index is 1.18. The van der Waals surface area contributed by atoms with E-state index in [1.807, 2.05) is 27.7 Å². The molecule has 514 valence electrons. The Morgan fingerprint density at radius 2 is 0.448 bits per heavy atom. The molecule has 0 saturated heterocycles. The van der Waals surface area contributed by atoms with Crippen LogP contribution in [0.5, 0.6) is 0 Å². The summed E-state index contributed by atoms with van der Waals surface area (Å²) in [5.41, 5.74) is 17.7. The normalized spacial score (nSPS) is 11.9. The van der Waals surface area contributed by atoms with E-state index in [1.54, 1.807) is 0 Å². The first-order valence-corrected chi connectivity index (χ1v) is 34.0. The van der Waals surface area contributed by atoms with E-state index in [-0.39, 0.29) is 0 Å². The lowest BCUT2D eigenvalue weighted by Crippen LogP contribution is -2.14. The fourth-order valence-corrected chi connectivity index (χ4v) is 11.1. The van der Waals surface area contributed by atoms with E-state index in [0.717, 1.165) is 112 Å². The van der Waals surface area contributed by atoms with Crippen LogP contribution >= 0.6 is 0 Å². The van der Waals surface area contributed by atoms with E-state index in [9.17, 15) is 0 Å². The number of fused-ring (bicyclic) bond motifs is 8. The summed E-state index contributed by atoms with van der Waals surface area (Å²) in [4.78, 5) is 19.4. The van der Waals surface area contributed by atoms with Crippen LogP contribution in [0.15, 0.2) is 121 Å². The van der Waals surface area contributed by atoms with E-state index in [2.05, 4.69) is 177 Å². The maximum Gasteiger partial charge on any atom is 0.0738 e. The number of anilines is 4. The number of aromatic amines is 2. The standard InChI is InChI=1S/C76H98N8O12/c1-5-85-41-45-93-53-49-89-37-33-77-61-21-13-9-17-57(61)73-65-25-27-67(81-65)74(58-18-10-14-22-62(58)78-34-38-90-50-54-94-46-42-86-6-2)69-29-31-71(83-69)76(60-20-12-16-24-64(60)80-36-40-92-52-56-96-48-44-88-8-4)72-32-30-70(84-72)75(68-28-26-66(73)82-68)59-19-11-15-23-63(59)79-35-39-91-51-55-95-47-43-87-7-3/h9-32,77-81,84H,5-8,33-56H2,1-4H3. The molecular formula is C76H98N8O12. The summed E-state index contributed by atoms with van der Waals surface area (Å²) < 4.78 is 68.8. The number of para-hydroxylation sites is 4. The molecule has 0 spiro atoms. The quantitative estimate of drug-likeness (QED) is 0.0196. The van der Waals surface area contributed by atoms with Crippen LogP contribution in [0, 0.1) is 0 Å². The molecule has 9 rings (SSSR count). The topological polar surface area (TPSA) is 216 Å². The number of nitrogens with zero attached hydrogens (tertiary/aromatic N) is 2. The monoisotopic (exact) mass is 1310 g/mol. The summed E-state index contributed by atoms with van der Waals surface area (Å²) in [6, 6.07) is 42.1. The average Bonchev–Trinajstić information content (AvgIpc) is 1.60. The van der Waals surface area contributed by atoms with Crippen molar-refractivity contribution < 1.29 is 56.8 Å². The number of rotatable bonds is 48. The van der Waals surface area contributed by atoms with Gasteiger partial charge >= 0.3 is 0 Å². The summed E-state index contributed by atoms with van der Waals surface area (Å²) in [5, 5.41) is 14.9. The Bertz CT molecular complexity index is 3210. The van der Waals surface area contributed by atoms with E-state index in [1.165, 1.54) is 0 Å². The molecule has 0 amide bonds. The highest BCUT2D eigenvalue weighted by atomic mass is 16.6. The molecule has 0 atom stereocenters. The molecule has 0 aliphatic carbocycles. The Hall–Kier alpha value is -7.80. The second-order valence-corrected chi connectivity index (χ2v) is 22.1. The predicted octanol–water partition coefficient (Wildman–Crippen LogP) is 13.2. The van der Waals surface area contributed by atoms with Gasteiger partial charge in [0.1, 0.15) is 0 Å². The molecule has 6 N–H and O–H groups in total. The Labute approximate surface area is 565 Å². The molecule has 96 heavy (non-hydrogen) atoms. The minimum absolute atomic E-state index is 0.473. The molecule has 0 radical (unpaired) electrons. The van der Waals surface area contributed by atoms with Crippen LogP contribution in [0.3, 0.4) is 0 Å². The van der Waals surface area contributed by atoms with Crippen LogP contribution in [-0.4, -0.2) is 205 Å². The molecule has 0 unspecified atom stereocenters. The van der Waals surface area contributed by atoms with Crippen molar-refractivity contribution in [2.24, 2.45) is 0 Å². The van der Waals surface area contributed by atoms with Gasteiger partial charge < -0.3 is 88.1 Å². The first-order chi connectivity index (χ1) is 47.6. The zero-order valence-electron chi connectivity index (χ0n) is 56.4. The number of nitrogens with one attached hydrogen (secondary N) is 6. The van der Waals surface area contributed by atoms with E-state index >= 15 is 0 Å². The SMILES string of the molecule is CCOCCOCCOCCNc1ccccc1-c1c2nc(c(-c3ccccc3NCCOCCOCCOCC)c3ccc([nH]3)c(-c3ccccc3NCCOCCOCCOCC)c3nc(c(-c4ccccc4NCCOCCOCCOCC)c4ccc1[nH]4)C=C3)C=C2. The Morgan fingerprint density at radius 3 is 0.667 bits per heavy atom. The smallest absolute Gasteiger partial charge is 0.0738 e. The predicted molar refractivity (Wildman–Crippen MR) is 387 cm³/mol. The van der Waals surface area contributed by atoms with Gasteiger partial charge in [-0.25, -0.2) is 9.97 Å². The van der Waals surface area contributed by atoms with Crippen LogP contribution in [0.4, 0.5) is 22.7 Å². The lowest BCUT2D eigenvalue weighted by molar-refractivity contribution is 0.0189. The van der Waals surface area contributed by atoms with Crippen molar-refractivity contribution in [3.63, 3.8) is 0 Å². The number of hydrogen-bond acceptors (Lipinski definition) is 18. The molecular weight excluding hydrogens is 1220 g/mol. The number of benzene rings is 4. The van der Waals surface area contributed by atoms with E-state index in [0.29, 0.717) is 185 Å². The van der Waals surface area contributed by atoms with Crippen LogP contribution < -0.4 is 21.3 Å². The van der Waals surface area contributed by atoms with Gasteiger partial charge in [-0.3, -0.25) is 0 Å². The van der Waals surface area contributed by atoms with Gasteiger partial charge in [-0.2, -0.15) is 0 Å². The van der Waals surface area contributed by atoms with Crippen molar-refractivity contribution in [2.45, 2.75) is 27.7 Å². The maximum absolute atomic E-state index is 6.05. The molecule has 20 heteroatoms. The van der Waals surface area contributed by atoms with Gasteiger partial charge in [-0.15, -0.1) is 0 Å². The Morgan fingerprint density at radius 1 is 0.250 bits per heavy atom. The molecule has 2 aliphatic heterocycles. The van der Waals surface area contributed by atoms with Crippen LogP contribution in [-0.2, 0) is 56.8 Å².